The molecule has 188 valence electrons. The van der Waals surface area contributed by atoms with Gasteiger partial charge in [-0.05, 0) is 51.6 Å². The lowest BCUT2D eigenvalue weighted by atomic mass is 9.86. The molecule has 0 saturated heterocycles. The number of aromatic nitrogens is 1. The second kappa shape index (κ2) is 11.4. The molecule has 38 heavy (non-hydrogen) atoms. The van der Waals surface area contributed by atoms with Crippen molar-refractivity contribution >= 4 is 5.97 Å². The Morgan fingerprint density at radius 2 is 1.34 bits per heavy atom. The molecule has 0 saturated carbocycles. The lowest BCUT2D eigenvalue weighted by Gasteiger charge is -2.20. The summed E-state index contributed by atoms with van der Waals surface area (Å²) in [6.07, 6.45) is 1.96. The minimum Gasteiger partial charge on any atom is -0.482 e. The van der Waals surface area contributed by atoms with Crippen molar-refractivity contribution in [1.29, 1.82) is 0 Å². The average molecular weight is 502 g/mol. The van der Waals surface area contributed by atoms with Crippen LogP contribution in [0.4, 0.5) is 0 Å². The molecule has 0 unspecified atom stereocenters. The third-order valence-electron chi connectivity index (χ3n) is 6.42. The molecule has 5 nitrogen and oxygen atoms in total. The molecule has 1 heterocycles. The monoisotopic (exact) mass is 501 g/mol. The van der Waals surface area contributed by atoms with Crippen LogP contribution in [0.1, 0.15) is 28.2 Å². The van der Waals surface area contributed by atoms with Crippen molar-refractivity contribution in [3.63, 3.8) is 0 Å². The second-order valence-electron chi connectivity index (χ2n) is 9.09. The summed E-state index contributed by atoms with van der Waals surface area (Å²) in [5, 5.41) is 8.89. The lowest BCUT2D eigenvalue weighted by molar-refractivity contribution is -0.139. The van der Waals surface area contributed by atoms with E-state index in [-0.39, 0.29) is 11.5 Å². The molecular formula is C33H27NO4. The number of aliphatic carboxylic acids is 1. The highest BCUT2D eigenvalue weighted by Crippen LogP contribution is 2.31. The zero-order valence-electron chi connectivity index (χ0n) is 20.7. The number of carbonyl (C=O) groups is 1. The predicted octanol–water partition coefficient (Wildman–Crippen LogP) is 6.21. The number of hydrogen-bond acceptors (Lipinski definition) is 3. The van der Waals surface area contributed by atoms with Crippen LogP contribution in [-0.4, -0.2) is 22.2 Å². The zero-order chi connectivity index (χ0) is 26.3. The Bertz CT molecular complexity index is 1550. The van der Waals surface area contributed by atoms with E-state index in [0.29, 0.717) is 12.3 Å². The zero-order valence-corrected chi connectivity index (χ0v) is 20.7. The van der Waals surface area contributed by atoms with E-state index in [9.17, 15) is 9.59 Å². The van der Waals surface area contributed by atoms with Crippen molar-refractivity contribution in [2.24, 2.45) is 0 Å². The molecular weight excluding hydrogens is 474 g/mol. The van der Waals surface area contributed by atoms with E-state index in [0.717, 1.165) is 33.4 Å². The maximum Gasteiger partial charge on any atom is 0.341 e. The molecule has 0 aliphatic heterocycles. The maximum atomic E-state index is 12.9. The van der Waals surface area contributed by atoms with Crippen LogP contribution < -0.4 is 10.3 Å². The fraction of sp³-hybridized carbons (Fsp3) is 0.0909. The Labute approximate surface area is 221 Å². The Morgan fingerprint density at radius 1 is 0.711 bits per heavy atom. The van der Waals surface area contributed by atoms with Crippen molar-refractivity contribution in [3.8, 4) is 16.9 Å². The van der Waals surface area contributed by atoms with Crippen LogP contribution in [-0.2, 0) is 11.3 Å². The number of rotatable bonds is 9. The van der Waals surface area contributed by atoms with Gasteiger partial charge >= 0.3 is 5.97 Å². The number of ether oxygens (including phenoxy) is 1. The highest BCUT2D eigenvalue weighted by Gasteiger charge is 2.17. The molecule has 0 spiro atoms. The number of carboxylic acids is 1. The SMILES string of the molecule is O=C(O)COc1cccc(-c2cccc(Cn3cc(C(c4ccccc4)c4ccccc4)ccc3=O)c2)c1. The van der Waals surface area contributed by atoms with E-state index in [1.165, 1.54) is 0 Å². The summed E-state index contributed by atoms with van der Waals surface area (Å²) in [5.41, 5.74) is 6.15. The molecule has 5 heteroatoms. The first-order chi connectivity index (χ1) is 18.6. The highest BCUT2D eigenvalue weighted by atomic mass is 16.5. The largest absolute Gasteiger partial charge is 0.482 e. The van der Waals surface area contributed by atoms with Crippen LogP contribution in [0.25, 0.3) is 11.1 Å². The van der Waals surface area contributed by atoms with Gasteiger partial charge in [-0.1, -0.05) is 97.1 Å². The number of hydrogen-bond donors (Lipinski definition) is 1. The second-order valence-corrected chi connectivity index (χ2v) is 9.09. The van der Waals surface area contributed by atoms with Crippen molar-refractivity contribution in [2.45, 2.75) is 12.5 Å². The summed E-state index contributed by atoms with van der Waals surface area (Å²) >= 11 is 0. The van der Waals surface area contributed by atoms with Gasteiger partial charge in [0.15, 0.2) is 6.61 Å². The molecule has 0 radical (unpaired) electrons. The van der Waals surface area contributed by atoms with E-state index in [4.69, 9.17) is 9.84 Å². The summed E-state index contributed by atoms with van der Waals surface area (Å²) < 4.78 is 7.08. The molecule has 0 aliphatic rings. The van der Waals surface area contributed by atoms with E-state index in [2.05, 4.69) is 24.3 Å². The molecule has 0 amide bonds. The topological polar surface area (TPSA) is 68.5 Å². The number of pyridine rings is 1. The predicted molar refractivity (Wildman–Crippen MR) is 149 cm³/mol. The molecule has 0 aliphatic carbocycles. The van der Waals surface area contributed by atoms with E-state index in [1.54, 1.807) is 16.7 Å². The van der Waals surface area contributed by atoms with Gasteiger partial charge < -0.3 is 14.4 Å². The maximum absolute atomic E-state index is 12.9. The molecule has 0 atom stereocenters. The Kier molecular flexibility index (Phi) is 7.46. The quantitative estimate of drug-likeness (QED) is 0.261. The van der Waals surface area contributed by atoms with E-state index >= 15 is 0 Å². The van der Waals surface area contributed by atoms with E-state index < -0.39 is 12.6 Å². The van der Waals surface area contributed by atoms with Gasteiger partial charge in [0.2, 0.25) is 0 Å². The summed E-state index contributed by atoms with van der Waals surface area (Å²) in [6.45, 7) is 0.0295. The molecule has 4 aromatic carbocycles. The average Bonchev–Trinajstić information content (AvgIpc) is 2.95. The number of carboxylic acid groups (broad SMARTS) is 1. The van der Waals surface area contributed by atoms with Gasteiger partial charge in [-0.3, -0.25) is 4.79 Å². The van der Waals surface area contributed by atoms with Crippen LogP contribution in [0.2, 0.25) is 0 Å². The van der Waals surface area contributed by atoms with Crippen LogP contribution >= 0.6 is 0 Å². The molecule has 1 aromatic heterocycles. The lowest BCUT2D eigenvalue weighted by Crippen LogP contribution is -2.21. The Morgan fingerprint density at radius 3 is 2.00 bits per heavy atom. The minimum absolute atomic E-state index is 0.00382. The van der Waals surface area contributed by atoms with Gasteiger partial charge in [-0.15, -0.1) is 0 Å². The smallest absolute Gasteiger partial charge is 0.341 e. The minimum atomic E-state index is -1.02. The van der Waals surface area contributed by atoms with Gasteiger partial charge in [0, 0.05) is 18.2 Å². The molecule has 1 N–H and O–H groups in total. The standard InChI is InChI=1S/C33H27NO4/c35-31-18-17-29(33(25-10-3-1-4-11-25)26-12-5-2-6-13-26)22-34(31)21-24-9-7-14-27(19-24)28-15-8-16-30(20-28)38-23-32(36)37/h1-20,22,33H,21,23H2,(H,36,37). The third kappa shape index (κ3) is 5.90. The van der Waals surface area contributed by atoms with Crippen molar-refractivity contribution in [1.82, 2.24) is 4.57 Å². The van der Waals surface area contributed by atoms with Crippen molar-refractivity contribution in [2.75, 3.05) is 6.61 Å². The Balaban J connectivity index is 1.45. The normalized spacial score (nSPS) is 10.9. The van der Waals surface area contributed by atoms with Crippen LogP contribution in [0.3, 0.4) is 0 Å². The van der Waals surface area contributed by atoms with Gasteiger partial charge in [-0.25, -0.2) is 4.79 Å². The first kappa shape index (κ1) is 24.8. The van der Waals surface area contributed by atoms with Crippen molar-refractivity contribution < 1.29 is 14.6 Å². The molecule has 0 fully saturated rings. The summed E-state index contributed by atoms with van der Waals surface area (Å²) in [7, 11) is 0. The fourth-order valence-corrected chi connectivity index (χ4v) is 4.67. The highest BCUT2D eigenvalue weighted by molar-refractivity contribution is 5.69. The fourth-order valence-electron chi connectivity index (χ4n) is 4.67. The first-order valence-electron chi connectivity index (χ1n) is 12.4. The summed E-state index contributed by atoms with van der Waals surface area (Å²) in [6, 6.07) is 39.5. The third-order valence-corrected chi connectivity index (χ3v) is 6.42. The van der Waals surface area contributed by atoms with Gasteiger partial charge in [0.25, 0.3) is 5.56 Å². The van der Waals surface area contributed by atoms with Gasteiger partial charge in [0.1, 0.15) is 5.75 Å². The molecule has 5 aromatic rings. The Hall–Kier alpha value is -4.90. The first-order valence-corrected chi connectivity index (χ1v) is 12.4. The molecule has 5 rings (SSSR count). The van der Waals surface area contributed by atoms with E-state index in [1.807, 2.05) is 91.1 Å². The van der Waals surface area contributed by atoms with Crippen LogP contribution in [0.5, 0.6) is 5.75 Å². The summed E-state index contributed by atoms with van der Waals surface area (Å²) in [5.74, 6) is -0.525. The summed E-state index contributed by atoms with van der Waals surface area (Å²) in [4.78, 5) is 23.7. The van der Waals surface area contributed by atoms with Gasteiger partial charge in [0.05, 0.1) is 6.54 Å². The molecule has 0 bridgehead atoms. The number of benzene rings is 4. The van der Waals surface area contributed by atoms with Crippen LogP contribution in [0.15, 0.2) is 132 Å². The van der Waals surface area contributed by atoms with Crippen LogP contribution in [0, 0.1) is 0 Å². The van der Waals surface area contributed by atoms with Crippen molar-refractivity contribution in [3.05, 3.63) is 160 Å². The van der Waals surface area contributed by atoms with Gasteiger partial charge in [-0.2, -0.15) is 0 Å². The number of nitrogens with zero attached hydrogens (tertiary/aromatic N) is 1.